The first kappa shape index (κ1) is 24.8. The average Bonchev–Trinajstić information content (AvgIpc) is 3.31. The number of aromatic nitrogens is 2. The molecule has 1 aliphatic rings. The first-order chi connectivity index (χ1) is 18.4. The number of rotatable bonds is 6. The second kappa shape index (κ2) is 10.3. The molecule has 0 aliphatic carbocycles. The van der Waals surface area contributed by atoms with Crippen LogP contribution in [0.15, 0.2) is 90.3 Å². The Kier molecular flexibility index (Phi) is 6.70. The third-order valence-electron chi connectivity index (χ3n) is 6.50. The Bertz CT molecular complexity index is 1570. The van der Waals surface area contributed by atoms with Crippen LogP contribution in [-0.4, -0.2) is 28.7 Å². The van der Waals surface area contributed by atoms with Gasteiger partial charge in [0.25, 0.3) is 11.8 Å². The van der Waals surface area contributed by atoms with Gasteiger partial charge in [-0.2, -0.15) is 5.10 Å². The van der Waals surface area contributed by atoms with Gasteiger partial charge in [0, 0.05) is 11.4 Å². The van der Waals surface area contributed by atoms with Gasteiger partial charge in [0.2, 0.25) is 0 Å². The zero-order valence-corrected chi connectivity index (χ0v) is 21.7. The number of carbonyl (C=O) groups is 2. The lowest BCUT2D eigenvalue weighted by Gasteiger charge is -2.30. The summed E-state index contributed by atoms with van der Waals surface area (Å²) >= 11 is 0. The van der Waals surface area contributed by atoms with Gasteiger partial charge in [-0.1, -0.05) is 54.1 Å². The standard InChI is InChI=1S/C30H29N5O3/c1-18-9-7-11-21(15-18)27-26(30(37)34-24-13-5-6-14-25(24)38-4)20(3)32-28-23(17-31-35(27)28)29(36)33-22-12-8-10-19(2)16-22/h5-17,27,32H,1-4H3,(H,33,36)(H,34,37). The molecule has 1 aromatic heterocycles. The molecule has 0 radical (unpaired) electrons. The molecular formula is C30H29N5O3. The molecule has 0 saturated heterocycles. The summed E-state index contributed by atoms with van der Waals surface area (Å²) in [5.41, 5.74) is 5.73. The number of amides is 2. The Labute approximate surface area is 221 Å². The minimum atomic E-state index is -0.554. The lowest BCUT2D eigenvalue weighted by atomic mass is 9.93. The third kappa shape index (κ3) is 4.76. The summed E-state index contributed by atoms with van der Waals surface area (Å²) in [6.45, 7) is 5.80. The number of nitrogens with zero attached hydrogens (tertiary/aromatic N) is 2. The number of carbonyl (C=O) groups excluding carboxylic acids is 2. The number of methoxy groups -OCH3 is 1. The van der Waals surface area contributed by atoms with Crippen molar-refractivity contribution in [2.75, 3.05) is 23.1 Å². The number of hydrogen-bond donors (Lipinski definition) is 3. The van der Waals surface area contributed by atoms with Crippen LogP contribution in [-0.2, 0) is 4.79 Å². The van der Waals surface area contributed by atoms with Gasteiger partial charge in [-0.3, -0.25) is 9.59 Å². The van der Waals surface area contributed by atoms with Crippen molar-refractivity contribution in [3.8, 4) is 5.75 Å². The van der Waals surface area contributed by atoms with Crippen LogP contribution in [0.4, 0.5) is 17.2 Å². The predicted octanol–water partition coefficient (Wildman–Crippen LogP) is 5.69. The van der Waals surface area contributed by atoms with Crippen molar-refractivity contribution in [3.05, 3.63) is 113 Å². The Balaban J connectivity index is 1.55. The number of anilines is 3. The molecule has 4 aromatic rings. The fourth-order valence-corrected chi connectivity index (χ4v) is 4.72. The smallest absolute Gasteiger partial charge is 0.261 e. The summed E-state index contributed by atoms with van der Waals surface area (Å²) in [6, 6.07) is 22.3. The molecule has 8 nitrogen and oxygen atoms in total. The van der Waals surface area contributed by atoms with Crippen LogP contribution in [0.2, 0.25) is 0 Å². The van der Waals surface area contributed by atoms with Crippen molar-refractivity contribution in [1.29, 1.82) is 0 Å². The quantitative estimate of drug-likeness (QED) is 0.312. The number of nitrogens with one attached hydrogen (secondary N) is 3. The topological polar surface area (TPSA) is 97.3 Å². The molecule has 1 atom stereocenters. The molecule has 0 fully saturated rings. The Morgan fingerprint density at radius 3 is 2.37 bits per heavy atom. The second-order valence-corrected chi connectivity index (χ2v) is 9.31. The number of hydrogen-bond acceptors (Lipinski definition) is 5. The van der Waals surface area contributed by atoms with Crippen LogP contribution in [0.3, 0.4) is 0 Å². The van der Waals surface area contributed by atoms with E-state index in [0.29, 0.717) is 39.8 Å². The first-order valence-electron chi connectivity index (χ1n) is 12.3. The second-order valence-electron chi connectivity index (χ2n) is 9.31. The minimum absolute atomic E-state index is 0.290. The van der Waals surface area contributed by atoms with Gasteiger partial charge in [-0.05, 0) is 56.2 Å². The van der Waals surface area contributed by atoms with Crippen molar-refractivity contribution in [2.24, 2.45) is 0 Å². The van der Waals surface area contributed by atoms with Gasteiger partial charge in [0.05, 0.1) is 24.6 Å². The Morgan fingerprint density at radius 1 is 0.895 bits per heavy atom. The molecule has 2 amide bonds. The molecule has 3 N–H and O–H groups in total. The van der Waals surface area contributed by atoms with Crippen LogP contribution in [0.25, 0.3) is 0 Å². The van der Waals surface area contributed by atoms with Gasteiger partial charge in [0.1, 0.15) is 23.2 Å². The number of fused-ring (bicyclic) bond motifs is 1. The van der Waals surface area contributed by atoms with E-state index >= 15 is 0 Å². The summed E-state index contributed by atoms with van der Waals surface area (Å²) < 4.78 is 7.12. The Hall–Kier alpha value is -4.85. The van der Waals surface area contributed by atoms with E-state index in [1.807, 2.05) is 81.4 Å². The molecule has 0 spiro atoms. The van der Waals surface area contributed by atoms with E-state index < -0.39 is 6.04 Å². The molecule has 3 aromatic carbocycles. The molecule has 38 heavy (non-hydrogen) atoms. The van der Waals surface area contributed by atoms with E-state index in [2.05, 4.69) is 21.0 Å². The molecule has 2 heterocycles. The van der Waals surface area contributed by atoms with Crippen molar-refractivity contribution < 1.29 is 14.3 Å². The molecule has 0 saturated carbocycles. The summed E-state index contributed by atoms with van der Waals surface area (Å²) in [7, 11) is 1.56. The predicted molar refractivity (Wildman–Crippen MR) is 149 cm³/mol. The fourth-order valence-electron chi connectivity index (χ4n) is 4.72. The van der Waals surface area contributed by atoms with Gasteiger partial charge >= 0.3 is 0 Å². The van der Waals surface area contributed by atoms with Crippen LogP contribution in [0.5, 0.6) is 5.75 Å². The van der Waals surface area contributed by atoms with Crippen LogP contribution in [0.1, 0.15) is 40.0 Å². The number of allylic oxidation sites excluding steroid dienone is 1. The highest BCUT2D eigenvalue weighted by Crippen LogP contribution is 2.38. The highest BCUT2D eigenvalue weighted by atomic mass is 16.5. The maximum Gasteiger partial charge on any atom is 0.261 e. The zero-order valence-electron chi connectivity index (χ0n) is 21.7. The van der Waals surface area contributed by atoms with Gasteiger partial charge < -0.3 is 20.7 Å². The summed E-state index contributed by atoms with van der Waals surface area (Å²) in [6.07, 6.45) is 1.53. The van der Waals surface area contributed by atoms with Crippen LogP contribution < -0.4 is 20.7 Å². The maximum atomic E-state index is 13.8. The SMILES string of the molecule is COc1ccccc1NC(=O)C1=C(C)Nc2c(C(=O)Nc3cccc(C)c3)cnn2C1c1cccc(C)c1. The van der Waals surface area contributed by atoms with Crippen LogP contribution in [0, 0.1) is 13.8 Å². The molecular weight excluding hydrogens is 478 g/mol. The van der Waals surface area contributed by atoms with E-state index in [1.165, 1.54) is 6.20 Å². The average molecular weight is 508 g/mol. The number of benzene rings is 3. The molecule has 0 bridgehead atoms. The van der Waals surface area contributed by atoms with Gasteiger partial charge in [-0.15, -0.1) is 0 Å². The zero-order chi connectivity index (χ0) is 26.8. The van der Waals surface area contributed by atoms with E-state index in [-0.39, 0.29) is 11.8 Å². The molecule has 5 rings (SSSR count). The largest absolute Gasteiger partial charge is 0.495 e. The summed E-state index contributed by atoms with van der Waals surface area (Å²) in [4.78, 5) is 27.0. The molecule has 8 heteroatoms. The van der Waals surface area contributed by atoms with E-state index in [9.17, 15) is 9.59 Å². The number of ether oxygens (including phenoxy) is 1. The lowest BCUT2D eigenvalue weighted by molar-refractivity contribution is -0.113. The van der Waals surface area contributed by atoms with Crippen molar-refractivity contribution in [2.45, 2.75) is 26.8 Å². The molecule has 192 valence electrons. The van der Waals surface area contributed by atoms with E-state index in [4.69, 9.17) is 4.74 Å². The first-order valence-corrected chi connectivity index (χ1v) is 12.3. The van der Waals surface area contributed by atoms with Crippen molar-refractivity contribution in [3.63, 3.8) is 0 Å². The summed E-state index contributed by atoms with van der Waals surface area (Å²) in [5, 5.41) is 13.8. The fraction of sp³-hybridized carbons (Fsp3) is 0.167. The molecule has 1 aliphatic heterocycles. The normalized spacial score (nSPS) is 14.4. The van der Waals surface area contributed by atoms with E-state index in [1.54, 1.807) is 23.9 Å². The van der Waals surface area contributed by atoms with Crippen molar-refractivity contribution >= 4 is 29.0 Å². The Morgan fingerprint density at radius 2 is 1.63 bits per heavy atom. The van der Waals surface area contributed by atoms with Crippen LogP contribution >= 0.6 is 0 Å². The maximum absolute atomic E-state index is 13.8. The number of aryl methyl sites for hydroxylation is 2. The number of para-hydroxylation sites is 2. The monoisotopic (exact) mass is 507 g/mol. The lowest BCUT2D eigenvalue weighted by Crippen LogP contribution is -2.32. The molecule has 1 unspecified atom stereocenters. The highest BCUT2D eigenvalue weighted by Gasteiger charge is 2.35. The highest BCUT2D eigenvalue weighted by molar-refractivity contribution is 6.09. The van der Waals surface area contributed by atoms with Crippen molar-refractivity contribution in [1.82, 2.24) is 9.78 Å². The van der Waals surface area contributed by atoms with Gasteiger partial charge in [0.15, 0.2) is 0 Å². The third-order valence-corrected chi connectivity index (χ3v) is 6.50. The summed E-state index contributed by atoms with van der Waals surface area (Å²) in [5.74, 6) is 0.498. The van der Waals surface area contributed by atoms with Gasteiger partial charge in [-0.25, -0.2) is 4.68 Å². The minimum Gasteiger partial charge on any atom is -0.495 e. The van der Waals surface area contributed by atoms with E-state index in [0.717, 1.165) is 16.7 Å².